The molecule has 2 aromatic carbocycles. The molecule has 2 fully saturated rings. The zero-order chi connectivity index (χ0) is 21.3. The van der Waals surface area contributed by atoms with E-state index in [-0.39, 0.29) is 35.8 Å². The van der Waals surface area contributed by atoms with E-state index in [1.54, 1.807) is 41.3 Å². The van der Waals surface area contributed by atoms with Gasteiger partial charge >= 0.3 is 0 Å². The highest BCUT2D eigenvalue weighted by molar-refractivity contribution is 7.91. The van der Waals surface area contributed by atoms with Gasteiger partial charge in [0.25, 0.3) is 0 Å². The lowest BCUT2D eigenvalue weighted by Crippen LogP contribution is -2.62. The Morgan fingerprint density at radius 1 is 1.03 bits per heavy atom. The van der Waals surface area contributed by atoms with Crippen LogP contribution in [0.3, 0.4) is 0 Å². The van der Waals surface area contributed by atoms with Crippen LogP contribution in [0.4, 0.5) is 10.1 Å². The number of halogens is 1. The molecule has 0 aromatic heterocycles. The summed E-state index contributed by atoms with van der Waals surface area (Å²) in [6.07, 6.45) is 0.625. The number of carbonyl (C=O) groups excluding carboxylic acids is 1. The first kappa shape index (κ1) is 20.8. The van der Waals surface area contributed by atoms with Gasteiger partial charge in [-0.3, -0.25) is 9.69 Å². The van der Waals surface area contributed by atoms with E-state index >= 15 is 0 Å². The second-order valence-corrected chi connectivity index (χ2v) is 9.90. The zero-order valence-corrected chi connectivity index (χ0v) is 17.6. The number of sulfone groups is 1. The number of anilines is 1. The lowest BCUT2D eigenvalue weighted by molar-refractivity contribution is -0.123. The van der Waals surface area contributed by atoms with Gasteiger partial charge in [-0.2, -0.15) is 0 Å². The van der Waals surface area contributed by atoms with Gasteiger partial charge in [0.15, 0.2) is 9.84 Å². The number of ether oxygens (including phenoxy) is 1. The molecule has 2 saturated heterocycles. The Balaban J connectivity index is 1.55. The molecule has 0 spiro atoms. The second-order valence-electron chi connectivity index (χ2n) is 7.75. The smallest absolute Gasteiger partial charge is 0.241 e. The maximum absolute atomic E-state index is 13.1. The Kier molecular flexibility index (Phi) is 5.79. The molecule has 2 aromatic rings. The summed E-state index contributed by atoms with van der Waals surface area (Å²) in [7, 11) is -3.24. The van der Waals surface area contributed by atoms with E-state index in [0.717, 1.165) is 5.56 Å². The second kappa shape index (κ2) is 8.35. The number of fused-ring (bicyclic) bond motifs is 1. The van der Waals surface area contributed by atoms with Crippen LogP contribution in [0.5, 0.6) is 5.75 Å². The van der Waals surface area contributed by atoms with E-state index in [2.05, 4.69) is 0 Å². The monoisotopic (exact) mass is 432 g/mol. The Bertz CT molecular complexity index is 1010. The fourth-order valence-electron chi connectivity index (χ4n) is 4.33. The third kappa shape index (κ3) is 4.34. The van der Waals surface area contributed by atoms with Gasteiger partial charge in [0.2, 0.25) is 5.91 Å². The lowest BCUT2D eigenvalue weighted by Gasteiger charge is -2.43. The maximum Gasteiger partial charge on any atom is 0.241 e. The van der Waals surface area contributed by atoms with E-state index in [1.807, 2.05) is 11.8 Å². The third-order valence-electron chi connectivity index (χ3n) is 5.73. The molecule has 2 unspecified atom stereocenters. The van der Waals surface area contributed by atoms with Crippen LogP contribution in [0, 0.1) is 5.82 Å². The molecule has 0 bridgehead atoms. The van der Waals surface area contributed by atoms with Crippen molar-refractivity contribution in [2.75, 3.05) is 36.1 Å². The van der Waals surface area contributed by atoms with Crippen molar-refractivity contribution in [3.05, 3.63) is 59.9 Å². The Morgan fingerprint density at radius 3 is 2.37 bits per heavy atom. The number of benzene rings is 2. The van der Waals surface area contributed by atoms with Gasteiger partial charge in [0.1, 0.15) is 11.6 Å². The topological polar surface area (TPSA) is 66.9 Å². The van der Waals surface area contributed by atoms with E-state index in [4.69, 9.17) is 4.74 Å². The fraction of sp³-hybridized carbons (Fsp3) is 0.409. The van der Waals surface area contributed by atoms with Crippen LogP contribution < -0.4 is 9.64 Å². The molecule has 6 nitrogen and oxygen atoms in total. The van der Waals surface area contributed by atoms with Crippen LogP contribution in [0.1, 0.15) is 12.5 Å². The van der Waals surface area contributed by atoms with Gasteiger partial charge in [0.05, 0.1) is 30.7 Å². The molecule has 8 heteroatoms. The number of nitrogens with zero attached hydrogens (tertiary/aromatic N) is 2. The van der Waals surface area contributed by atoms with Crippen LogP contribution in [0.2, 0.25) is 0 Å². The first-order valence-corrected chi connectivity index (χ1v) is 11.9. The number of hydrogen-bond donors (Lipinski definition) is 0. The summed E-state index contributed by atoms with van der Waals surface area (Å²) >= 11 is 0. The molecular formula is C22H25FN2O4S. The van der Waals surface area contributed by atoms with Gasteiger partial charge in [0, 0.05) is 18.3 Å². The molecule has 30 heavy (non-hydrogen) atoms. The van der Waals surface area contributed by atoms with Crippen LogP contribution >= 0.6 is 0 Å². The minimum absolute atomic E-state index is 0.0380. The third-order valence-corrected chi connectivity index (χ3v) is 7.43. The molecule has 0 saturated carbocycles. The fourth-order valence-corrected chi connectivity index (χ4v) is 6.31. The number of piperazine rings is 1. The maximum atomic E-state index is 13.1. The van der Waals surface area contributed by atoms with Crippen LogP contribution in [-0.4, -0.2) is 62.5 Å². The number of hydrogen-bond acceptors (Lipinski definition) is 5. The van der Waals surface area contributed by atoms with Crippen molar-refractivity contribution < 1.29 is 22.3 Å². The summed E-state index contributed by atoms with van der Waals surface area (Å²) in [5.74, 6) is 0.310. The minimum atomic E-state index is -3.24. The van der Waals surface area contributed by atoms with Crippen LogP contribution in [0.25, 0.3) is 0 Å². The first-order valence-electron chi connectivity index (χ1n) is 10.1. The standard InChI is InChI=1S/C22H25FN2O4S/c1-2-29-19-9-7-18(8-10-19)25-21-15-30(27,28)14-20(21)24(13-22(25)26)12-11-16-3-5-17(23)6-4-16/h3-10,20-21H,2,11-15H2,1H3. The molecule has 2 atom stereocenters. The average molecular weight is 433 g/mol. The van der Waals surface area contributed by atoms with E-state index in [1.165, 1.54) is 12.1 Å². The van der Waals surface area contributed by atoms with E-state index in [0.29, 0.717) is 31.0 Å². The van der Waals surface area contributed by atoms with E-state index in [9.17, 15) is 17.6 Å². The molecule has 1 amide bonds. The van der Waals surface area contributed by atoms with Crippen molar-refractivity contribution in [1.29, 1.82) is 0 Å². The van der Waals surface area contributed by atoms with Gasteiger partial charge in [-0.15, -0.1) is 0 Å². The van der Waals surface area contributed by atoms with Crippen molar-refractivity contribution in [3.8, 4) is 5.75 Å². The number of carbonyl (C=O) groups is 1. The average Bonchev–Trinajstić information content (AvgIpc) is 3.03. The summed E-state index contributed by atoms with van der Waals surface area (Å²) in [5, 5.41) is 0. The predicted octanol–water partition coefficient (Wildman–Crippen LogP) is 2.28. The van der Waals surface area contributed by atoms with Gasteiger partial charge < -0.3 is 9.64 Å². The summed E-state index contributed by atoms with van der Waals surface area (Å²) in [5.41, 5.74) is 1.64. The van der Waals surface area contributed by atoms with Crippen LogP contribution in [0.15, 0.2) is 48.5 Å². The quantitative estimate of drug-likeness (QED) is 0.701. The molecule has 0 N–H and O–H groups in total. The van der Waals surface area contributed by atoms with Crippen molar-refractivity contribution in [2.45, 2.75) is 25.4 Å². The Morgan fingerprint density at radius 2 is 1.70 bits per heavy atom. The predicted molar refractivity (Wildman–Crippen MR) is 113 cm³/mol. The summed E-state index contributed by atoms with van der Waals surface area (Å²) in [4.78, 5) is 16.6. The van der Waals surface area contributed by atoms with Crippen LogP contribution in [-0.2, 0) is 21.1 Å². The Labute approximate surface area is 176 Å². The normalized spacial score (nSPS) is 23.4. The lowest BCUT2D eigenvalue weighted by atomic mass is 10.0. The highest BCUT2D eigenvalue weighted by atomic mass is 32.2. The van der Waals surface area contributed by atoms with Gasteiger partial charge in [-0.05, 0) is 55.3 Å². The van der Waals surface area contributed by atoms with E-state index < -0.39 is 15.9 Å². The SMILES string of the molecule is CCOc1ccc(N2C(=O)CN(CCc3ccc(F)cc3)C3CS(=O)(=O)CC32)cc1. The van der Waals surface area contributed by atoms with Gasteiger partial charge in [-0.1, -0.05) is 12.1 Å². The Hall–Kier alpha value is -2.45. The summed E-state index contributed by atoms with van der Waals surface area (Å²) < 4.78 is 43.5. The van der Waals surface area contributed by atoms with Crippen molar-refractivity contribution >= 4 is 21.4 Å². The van der Waals surface area contributed by atoms with Crippen molar-refractivity contribution in [1.82, 2.24) is 4.90 Å². The molecule has 4 rings (SSSR count). The van der Waals surface area contributed by atoms with Crippen molar-refractivity contribution in [3.63, 3.8) is 0 Å². The first-order chi connectivity index (χ1) is 14.4. The summed E-state index contributed by atoms with van der Waals surface area (Å²) in [6.45, 7) is 3.15. The molecule has 160 valence electrons. The van der Waals surface area contributed by atoms with Crippen molar-refractivity contribution in [2.24, 2.45) is 0 Å². The highest BCUT2D eigenvalue weighted by Crippen LogP contribution is 2.32. The van der Waals surface area contributed by atoms with Gasteiger partial charge in [-0.25, -0.2) is 12.8 Å². The number of amides is 1. The number of rotatable bonds is 6. The molecule has 2 heterocycles. The highest BCUT2D eigenvalue weighted by Gasteiger charge is 2.49. The molecule has 0 radical (unpaired) electrons. The minimum Gasteiger partial charge on any atom is -0.494 e. The molecule has 2 aliphatic heterocycles. The molecule has 2 aliphatic rings. The zero-order valence-electron chi connectivity index (χ0n) is 16.8. The molecule has 0 aliphatic carbocycles. The largest absolute Gasteiger partial charge is 0.494 e. The summed E-state index contributed by atoms with van der Waals surface area (Å²) in [6, 6.07) is 12.8. The molecular weight excluding hydrogens is 407 g/mol.